The van der Waals surface area contributed by atoms with Crippen molar-refractivity contribution in [3.63, 3.8) is 0 Å². The molecule has 1 aromatic heterocycles. The van der Waals surface area contributed by atoms with Gasteiger partial charge in [-0.25, -0.2) is 0 Å². The van der Waals surface area contributed by atoms with Crippen LogP contribution >= 0.6 is 0 Å². The molecule has 0 saturated heterocycles. The van der Waals surface area contributed by atoms with Gasteiger partial charge in [0.1, 0.15) is 0 Å². The second-order valence-electron chi connectivity index (χ2n) is 11.2. The van der Waals surface area contributed by atoms with Crippen molar-refractivity contribution in [1.82, 2.24) is 4.98 Å². The Bertz CT molecular complexity index is 1110. The summed E-state index contributed by atoms with van der Waals surface area (Å²) in [5.41, 5.74) is 9.28. The average molecular weight is 441 g/mol. The highest BCUT2D eigenvalue weighted by Crippen LogP contribution is 2.38. The Hall–Kier alpha value is -2.66. The fourth-order valence-electron chi connectivity index (χ4n) is 4.59. The normalized spacial score (nSPS) is 11.8. The summed E-state index contributed by atoms with van der Waals surface area (Å²) in [5.74, 6) is 0.562. The third-order valence-electron chi connectivity index (χ3n) is 6.14. The summed E-state index contributed by atoms with van der Waals surface area (Å²) < 4.78 is 0. The summed E-state index contributed by atoms with van der Waals surface area (Å²) >= 11 is 0. The van der Waals surface area contributed by atoms with Crippen LogP contribution < -0.4 is 0 Å². The van der Waals surface area contributed by atoms with Gasteiger partial charge in [0.2, 0.25) is 0 Å². The van der Waals surface area contributed by atoms with Gasteiger partial charge in [-0.15, -0.1) is 0 Å². The molecule has 33 heavy (non-hydrogen) atoms. The van der Waals surface area contributed by atoms with Crippen LogP contribution in [0, 0.1) is 29.6 Å². The van der Waals surface area contributed by atoms with Crippen molar-refractivity contribution in [1.29, 1.82) is 5.26 Å². The Labute approximate surface area is 201 Å². The second kappa shape index (κ2) is 11.0. The number of benzene rings is 2. The zero-order valence-corrected chi connectivity index (χ0v) is 21.5. The maximum atomic E-state index is 8.78. The number of aryl methyl sites for hydroxylation is 2. The second-order valence-corrected chi connectivity index (χ2v) is 11.2. The third kappa shape index (κ3) is 6.91. The maximum absolute atomic E-state index is 8.78. The van der Waals surface area contributed by atoms with Crippen molar-refractivity contribution >= 4 is 10.9 Å². The van der Waals surface area contributed by atoms with Gasteiger partial charge in [0, 0.05) is 17.5 Å². The summed E-state index contributed by atoms with van der Waals surface area (Å²) in [5, 5.41) is 10.1. The zero-order chi connectivity index (χ0) is 24.0. The smallest absolute Gasteiger partial charge is 0.0711 e. The third-order valence-corrected chi connectivity index (χ3v) is 6.14. The molecule has 0 aliphatic heterocycles. The van der Waals surface area contributed by atoms with Crippen LogP contribution in [0.3, 0.4) is 0 Å². The molecule has 0 spiro atoms. The number of nitrogens with zero attached hydrogens (tertiary/aromatic N) is 2. The zero-order valence-electron chi connectivity index (χ0n) is 21.5. The Balaban J connectivity index is 2.17. The molecule has 0 fully saturated rings. The molecule has 0 bridgehead atoms. The molecule has 0 radical (unpaired) electrons. The van der Waals surface area contributed by atoms with E-state index in [0.717, 1.165) is 44.0 Å². The molecule has 0 N–H and O–H groups in total. The van der Waals surface area contributed by atoms with Crippen LogP contribution in [-0.2, 0) is 19.3 Å². The van der Waals surface area contributed by atoms with E-state index in [0.29, 0.717) is 12.3 Å². The standard InChI is InChI=1S/C31H40N2/c1-22(2)19-29-27(21-31(4,5)6)30(25-15-12-23(3)13-16-25)26-20-24(14-17-28(26)33-29)11-9-7-8-10-18-32/h12-17,20,22H,7-11,19,21H2,1-6H3. The molecule has 2 heteroatoms. The molecule has 0 amide bonds. The quantitative estimate of drug-likeness (QED) is 0.312. The van der Waals surface area contributed by atoms with E-state index in [2.05, 4.69) is 90.1 Å². The lowest BCUT2D eigenvalue weighted by atomic mass is 9.81. The van der Waals surface area contributed by atoms with Gasteiger partial charge in [-0.05, 0) is 84.7 Å². The van der Waals surface area contributed by atoms with Gasteiger partial charge >= 0.3 is 0 Å². The molecule has 2 nitrogen and oxygen atoms in total. The molecular weight excluding hydrogens is 400 g/mol. The van der Waals surface area contributed by atoms with E-state index in [1.807, 2.05) is 0 Å². The lowest BCUT2D eigenvalue weighted by Gasteiger charge is -2.25. The highest BCUT2D eigenvalue weighted by atomic mass is 14.7. The van der Waals surface area contributed by atoms with Crippen molar-refractivity contribution in [2.75, 3.05) is 0 Å². The lowest BCUT2D eigenvalue weighted by Crippen LogP contribution is -2.15. The first-order valence-corrected chi connectivity index (χ1v) is 12.6. The summed E-state index contributed by atoms with van der Waals surface area (Å²) in [6.07, 6.45) is 6.96. The molecule has 1 heterocycles. The molecule has 3 rings (SSSR count). The summed E-state index contributed by atoms with van der Waals surface area (Å²) in [6.45, 7) is 13.7. The van der Waals surface area contributed by atoms with Gasteiger partial charge in [0.25, 0.3) is 0 Å². The van der Waals surface area contributed by atoms with Crippen molar-refractivity contribution in [3.8, 4) is 17.2 Å². The predicted molar refractivity (Wildman–Crippen MR) is 141 cm³/mol. The SMILES string of the molecule is Cc1ccc(-c2c(CC(C)(C)C)c(CC(C)C)nc3ccc(CCCCCC#N)cc23)cc1. The topological polar surface area (TPSA) is 36.7 Å². The van der Waals surface area contributed by atoms with E-state index in [9.17, 15) is 0 Å². The number of unbranched alkanes of at least 4 members (excludes halogenated alkanes) is 3. The van der Waals surface area contributed by atoms with E-state index in [1.54, 1.807) is 0 Å². The Morgan fingerprint density at radius 1 is 0.970 bits per heavy atom. The van der Waals surface area contributed by atoms with E-state index < -0.39 is 0 Å². The molecule has 174 valence electrons. The van der Waals surface area contributed by atoms with Crippen LogP contribution in [0.1, 0.15) is 82.7 Å². The van der Waals surface area contributed by atoms with Gasteiger partial charge in [0.15, 0.2) is 0 Å². The van der Waals surface area contributed by atoms with Crippen molar-refractivity contribution < 1.29 is 0 Å². The van der Waals surface area contributed by atoms with E-state index in [-0.39, 0.29) is 5.41 Å². The Morgan fingerprint density at radius 2 is 1.70 bits per heavy atom. The molecule has 0 unspecified atom stereocenters. The number of fused-ring (bicyclic) bond motifs is 1. The Morgan fingerprint density at radius 3 is 2.33 bits per heavy atom. The first-order chi connectivity index (χ1) is 15.7. The number of hydrogen-bond acceptors (Lipinski definition) is 2. The van der Waals surface area contributed by atoms with Crippen molar-refractivity contribution in [3.05, 3.63) is 64.8 Å². The highest BCUT2D eigenvalue weighted by molar-refractivity contribution is 5.97. The van der Waals surface area contributed by atoms with Crippen molar-refractivity contribution in [2.24, 2.45) is 11.3 Å². The van der Waals surface area contributed by atoms with E-state index >= 15 is 0 Å². The van der Waals surface area contributed by atoms with Crippen LogP contribution in [0.25, 0.3) is 22.0 Å². The summed E-state index contributed by atoms with van der Waals surface area (Å²) in [4.78, 5) is 5.23. The molecule has 0 atom stereocenters. The van der Waals surface area contributed by atoms with Gasteiger partial charge in [0.05, 0.1) is 11.6 Å². The van der Waals surface area contributed by atoms with Crippen LogP contribution in [0.5, 0.6) is 0 Å². The van der Waals surface area contributed by atoms with E-state index in [1.165, 1.54) is 38.9 Å². The molecular formula is C31H40N2. The number of nitriles is 1. The largest absolute Gasteiger partial charge is 0.253 e. The molecule has 3 aromatic rings. The minimum Gasteiger partial charge on any atom is -0.253 e. The number of pyridine rings is 1. The van der Waals surface area contributed by atoms with Gasteiger partial charge in [-0.3, -0.25) is 4.98 Å². The fraction of sp³-hybridized carbons (Fsp3) is 0.484. The van der Waals surface area contributed by atoms with Gasteiger partial charge in [-0.1, -0.05) is 76.9 Å². The van der Waals surface area contributed by atoms with Crippen LogP contribution in [0.15, 0.2) is 42.5 Å². The lowest BCUT2D eigenvalue weighted by molar-refractivity contribution is 0.408. The number of hydrogen-bond donors (Lipinski definition) is 0. The van der Waals surface area contributed by atoms with Crippen LogP contribution in [0.2, 0.25) is 0 Å². The maximum Gasteiger partial charge on any atom is 0.0711 e. The highest BCUT2D eigenvalue weighted by Gasteiger charge is 2.22. The van der Waals surface area contributed by atoms with Gasteiger partial charge < -0.3 is 0 Å². The summed E-state index contributed by atoms with van der Waals surface area (Å²) in [7, 11) is 0. The fourth-order valence-corrected chi connectivity index (χ4v) is 4.59. The molecule has 2 aromatic carbocycles. The number of rotatable bonds is 9. The first-order valence-electron chi connectivity index (χ1n) is 12.6. The first kappa shape index (κ1) is 25.0. The monoisotopic (exact) mass is 440 g/mol. The van der Waals surface area contributed by atoms with Crippen LogP contribution in [-0.4, -0.2) is 4.98 Å². The minimum absolute atomic E-state index is 0.179. The average Bonchev–Trinajstić information content (AvgIpc) is 2.74. The van der Waals surface area contributed by atoms with Gasteiger partial charge in [-0.2, -0.15) is 5.26 Å². The van der Waals surface area contributed by atoms with Crippen molar-refractivity contribution in [2.45, 2.75) is 86.5 Å². The minimum atomic E-state index is 0.179. The molecule has 0 aliphatic carbocycles. The Kier molecular flexibility index (Phi) is 8.30. The molecule has 0 saturated carbocycles. The molecule has 0 aliphatic rings. The summed E-state index contributed by atoms with van der Waals surface area (Å²) in [6, 6.07) is 18.1. The van der Waals surface area contributed by atoms with E-state index in [4.69, 9.17) is 10.2 Å². The predicted octanol–water partition coefficient (Wildman–Crippen LogP) is 8.62. The van der Waals surface area contributed by atoms with Crippen LogP contribution in [0.4, 0.5) is 0 Å². The number of aromatic nitrogens is 1.